The Morgan fingerprint density at radius 3 is 2.73 bits per heavy atom. The van der Waals surface area contributed by atoms with Gasteiger partial charge in [0.15, 0.2) is 0 Å². The summed E-state index contributed by atoms with van der Waals surface area (Å²) in [5, 5.41) is 8.11. The molecule has 3 aromatic rings. The smallest absolute Gasteiger partial charge is 0.316 e. The van der Waals surface area contributed by atoms with E-state index in [0.29, 0.717) is 11.5 Å². The first-order valence-corrected chi connectivity index (χ1v) is 8.63. The molecule has 26 heavy (non-hydrogen) atoms. The van der Waals surface area contributed by atoms with Crippen molar-refractivity contribution in [3.05, 3.63) is 59.9 Å². The first-order chi connectivity index (χ1) is 12.6. The maximum atomic E-state index is 13.1. The van der Waals surface area contributed by atoms with Crippen LogP contribution in [0, 0.1) is 5.82 Å². The lowest BCUT2D eigenvalue weighted by molar-refractivity contribution is -0.141. The van der Waals surface area contributed by atoms with Crippen LogP contribution in [0.5, 0.6) is 5.75 Å². The minimum atomic E-state index is -0.455. The van der Waals surface area contributed by atoms with Crippen LogP contribution in [0.3, 0.4) is 0 Å². The molecular formula is C18H15FN2O4S. The molecule has 0 spiro atoms. The van der Waals surface area contributed by atoms with Crippen molar-refractivity contribution in [1.29, 1.82) is 0 Å². The van der Waals surface area contributed by atoms with Crippen LogP contribution < -0.4 is 4.74 Å². The highest BCUT2D eigenvalue weighted by atomic mass is 32.2. The van der Waals surface area contributed by atoms with Gasteiger partial charge in [-0.15, -0.1) is 10.2 Å². The number of carbonyl (C=O) groups is 1. The van der Waals surface area contributed by atoms with Crippen molar-refractivity contribution in [2.75, 3.05) is 12.9 Å². The van der Waals surface area contributed by atoms with Gasteiger partial charge in [0.05, 0.1) is 7.11 Å². The monoisotopic (exact) mass is 374 g/mol. The molecular weight excluding hydrogens is 359 g/mol. The van der Waals surface area contributed by atoms with Crippen molar-refractivity contribution < 1.29 is 23.1 Å². The predicted molar refractivity (Wildman–Crippen MR) is 93.2 cm³/mol. The number of nitrogens with zero attached hydrogens (tertiary/aromatic N) is 2. The highest BCUT2D eigenvalue weighted by molar-refractivity contribution is 7.99. The van der Waals surface area contributed by atoms with E-state index in [2.05, 4.69) is 10.2 Å². The van der Waals surface area contributed by atoms with Crippen LogP contribution in [0.4, 0.5) is 4.39 Å². The minimum absolute atomic E-state index is 0.0120. The number of hydrogen-bond acceptors (Lipinski definition) is 7. The SMILES string of the molecule is COc1ccc(-c2nnc(SCC(=O)OCc3cccc(F)c3)o2)cc1. The van der Waals surface area contributed by atoms with Gasteiger partial charge in [-0.25, -0.2) is 4.39 Å². The summed E-state index contributed by atoms with van der Waals surface area (Å²) >= 11 is 1.08. The van der Waals surface area contributed by atoms with Crippen molar-refractivity contribution in [3.8, 4) is 17.2 Å². The number of methoxy groups -OCH3 is 1. The molecule has 0 amide bonds. The quantitative estimate of drug-likeness (QED) is 0.461. The number of thioether (sulfide) groups is 1. The Labute approximate surface area is 153 Å². The van der Waals surface area contributed by atoms with Crippen LogP contribution in [0.2, 0.25) is 0 Å². The van der Waals surface area contributed by atoms with Gasteiger partial charge < -0.3 is 13.9 Å². The molecule has 0 aliphatic rings. The minimum Gasteiger partial charge on any atom is -0.497 e. The highest BCUT2D eigenvalue weighted by Crippen LogP contribution is 2.24. The van der Waals surface area contributed by atoms with Crippen molar-refractivity contribution in [3.63, 3.8) is 0 Å². The summed E-state index contributed by atoms with van der Waals surface area (Å²) in [4.78, 5) is 11.8. The molecule has 1 heterocycles. The van der Waals surface area contributed by atoms with E-state index in [1.807, 2.05) is 0 Å². The van der Waals surface area contributed by atoms with Crippen molar-refractivity contribution >= 4 is 17.7 Å². The average molecular weight is 374 g/mol. The highest BCUT2D eigenvalue weighted by Gasteiger charge is 2.12. The van der Waals surface area contributed by atoms with E-state index in [-0.39, 0.29) is 23.4 Å². The van der Waals surface area contributed by atoms with Gasteiger partial charge in [-0.3, -0.25) is 4.79 Å². The molecule has 0 aliphatic heterocycles. The first kappa shape index (κ1) is 17.9. The summed E-state index contributed by atoms with van der Waals surface area (Å²) in [5.74, 6) is 0.264. The average Bonchev–Trinajstić information content (AvgIpc) is 3.14. The molecule has 134 valence electrons. The summed E-state index contributed by atoms with van der Waals surface area (Å²) in [7, 11) is 1.59. The van der Waals surface area contributed by atoms with Gasteiger partial charge in [-0.2, -0.15) is 0 Å². The third kappa shape index (κ3) is 4.82. The van der Waals surface area contributed by atoms with Crippen molar-refractivity contribution in [1.82, 2.24) is 10.2 Å². The van der Waals surface area contributed by atoms with Crippen LogP contribution in [0.15, 0.2) is 58.2 Å². The molecule has 0 saturated heterocycles. The molecule has 0 unspecified atom stereocenters. The van der Waals surface area contributed by atoms with Gasteiger partial charge in [0, 0.05) is 5.56 Å². The van der Waals surface area contributed by atoms with Gasteiger partial charge in [0.2, 0.25) is 5.89 Å². The predicted octanol–water partition coefficient (Wildman–Crippen LogP) is 3.72. The summed E-state index contributed by atoms with van der Waals surface area (Å²) in [5.41, 5.74) is 1.33. The van der Waals surface area contributed by atoms with E-state index in [1.165, 1.54) is 12.1 Å². The Balaban J connectivity index is 1.50. The number of halogens is 1. The maximum Gasteiger partial charge on any atom is 0.316 e. The largest absolute Gasteiger partial charge is 0.497 e. The molecule has 0 bridgehead atoms. The van der Waals surface area contributed by atoms with Crippen LogP contribution in [-0.4, -0.2) is 29.0 Å². The molecule has 0 aliphatic carbocycles. The molecule has 0 radical (unpaired) electrons. The van der Waals surface area contributed by atoms with E-state index in [1.54, 1.807) is 43.5 Å². The van der Waals surface area contributed by atoms with Gasteiger partial charge >= 0.3 is 5.97 Å². The van der Waals surface area contributed by atoms with Crippen LogP contribution in [0.25, 0.3) is 11.5 Å². The van der Waals surface area contributed by atoms with E-state index in [0.717, 1.165) is 23.1 Å². The van der Waals surface area contributed by atoms with Crippen LogP contribution in [-0.2, 0) is 16.1 Å². The van der Waals surface area contributed by atoms with E-state index in [9.17, 15) is 9.18 Å². The lowest BCUT2D eigenvalue weighted by Gasteiger charge is -2.03. The summed E-state index contributed by atoms with van der Waals surface area (Å²) in [6.07, 6.45) is 0. The number of rotatable bonds is 7. The third-order valence-electron chi connectivity index (χ3n) is 3.35. The molecule has 6 nitrogen and oxygen atoms in total. The normalized spacial score (nSPS) is 10.5. The van der Waals surface area contributed by atoms with Crippen molar-refractivity contribution in [2.24, 2.45) is 0 Å². The molecule has 0 saturated carbocycles. The van der Waals surface area contributed by atoms with Crippen LogP contribution >= 0.6 is 11.8 Å². The second kappa shape index (κ2) is 8.48. The lowest BCUT2D eigenvalue weighted by atomic mass is 10.2. The molecule has 0 N–H and O–H groups in total. The van der Waals surface area contributed by atoms with Gasteiger partial charge in [-0.1, -0.05) is 23.9 Å². The van der Waals surface area contributed by atoms with Gasteiger partial charge in [0.1, 0.15) is 23.9 Å². The Bertz CT molecular complexity index is 883. The fourth-order valence-corrected chi connectivity index (χ4v) is 2.63. The maximum absolute atomic E-state index is 13.1. The molecule has 1 aromatic heterocycles. The van der Waals surface area contributed by atoms with Gasteiger partial charge in [0.25, 0.3) is 5.22 Å². The molecule has 3 rings (SSSR count). The second-order valence-corrected chi connectivity index (χ2v) is 6.11. The Morgan fingerprint density at radius 2 is 2.00 bits per heavy atom. The van der Waals surface area contributed by atoms with E-state index in [4.69, 9.17) is 13.9 Å². The number of esters is 1. The van der Waals surface area contributed by atoms with Crippen molar-refractivity contribution in [2.45, 2.75) is 11.8 Å². The summed E-state index contributed by atoms with van der Waals surface area (Å²) in [6.45, 7) is 0.0120. The number of hydrogen-bond donors (Lipinski definition) is 0. The Morgan fingerprint density at radius 1 is 1.19 bits per heavy atom. The molecule has 0 atom stereocenters. The number of carbonyl (C=O) groups excluding carboxylic acids is 1. The molecule has 2 aromatic carbocycles. The fraction of sp³-hybridized carbons (Fsp3) is 0.167. The van der Waals surface area contributed by atoms with Crippen LogP contribution in [0.1, 0.15) is 5.56 Å². The zero-order valence-electron chi connectivity index (χ0n) is 13.8. The first-order valence-electron chi connectivity index (χ1n) is 7.65. The summed E-state index contributed by atoms with van der Waals surface area (Å²) in [6, 6.07) is 13.1. The third-order valence-corrected chi connectivity index (χ3v) is 4.14. The standard InChI is InChI=1S/C18H15FN2O4S/c1-23-15-7-5-13(6-8-15)17-20-21-18(25-17)26-11-16(22)24-10-12-3-2-4-14(19)9-12/h2-9H,10-11H2,1H3. The second-order valence-electron chi connectivity index (χ2n) is 5.18. The number of benzene rings is 2. The fourth-order valence-electron chi connectivity index (χ4n) is 2.07. The van der Waals surface area contributed by atoms with Gasteiger partial charge in [-0.05, 0) is 42.0 Å². The van der Waals surface area contributed by atoms with E-state index < -0.39 is 5.97 Å². The molecule has 8 heteroatoms. The summed E-state index contributed by atoms with van der Waals surface area (Å²) < 4.78 is 28.8. The zero-order chi connectivity index (χ0) is 18.4. The lowest BCUT2D eigenvalue weighted by Crippen LogP contribution is -2.07. The zero-order valence-corrected chi connectivity index (χ0v) is 14.7. The molecule has 0 fully saturated rings. The number of aromatic nitrogens is 2. The Hall–Kier alpha value is -2.87. The number of ether oxygens (including phenoxy) is 2. The Kier molecular flexibility index (Phi) is 5.85. The van der Waals surface area contributed by atoms with E-state index >= 15 is 0 Å². The topological polar surface area (TPSA) is 74.5 Å².